The summed E-state index contributed by atoms with van der Waals surface area (Å²) in [5.41, 5.74) is -0.961. The van der Waals surface area contributed by atoms with Gasteiger partial charge in [-0.25, -0.2) is 4.79 Å². The number of aliphatic hydroxyl groups is 1. The molecule has 0 spiro atoms. The van der Waals surface area contributed by atoms with Gasteiger partial charge >= 0.3 is 5.97 Å². The van der Waals surface area contributed by atoms with Gasteiger partial charge in [0.2, 0.25) is 5.91 Å². The summed E-state index contributed by atoms with van der Waals surface area (Å²) in [6, 6.07) is 0. The van der Waals surface area contributed by atoms with Gasteiger partial charge in [0.1, 0.15) is 0 Å². The topological polar surface area (TPSA) is 95.9 Å². The number of carbonyl (C=O) groups is 2. The number of methoxy groups -OCH3 is 1. The standard InChI is InChI=1S/C12H21NO5/c1-8(9(2)11(15)16)10(14)13-7-12(3,17)5-6-18-4/h17H,5-7H2,1-4H3,(H,13,14)(H,15,16). The summed E-state index contributed by atoms with van der Waals surface area (Å²) in [4.78, 5) is 22.3. The Morgan fingerprint density at radius 1 is 1.28 bits per heavy atom. The van der Waals surface area contributed by atoms with Gasteiger partial charge in [0.25, 0.3) is 0 Å². The van der Waals surface area contributed by atoms with Crippen molar-refractivity contribution in [3.8, 4) is 0 Å². The largest absolute Gasteiger partial charge is 0.478 e. The minimum atomic E-state index is -1.13. The van der Waals surface area contributed by atoms with Gasteiger partial charge in [-0.05, 0) is 20.8 Å². The highest BCUT2D eigenvalue weighted by Crippen LogP contribution is 2.09. The van der Waals surface area contributed by atoms with Crippen molar-refractivity contribution in [2.24, 2.45) is 0 Å². The van der Waals surface area contributed by atoms with Gasteiger partial charge in [-0.2, -0.15) is 0 Å². The van der Waals surface area contributed by atoms with Crippen LogP contribution in [0.3, 0.4) is 0 Å². The number of rotatable bonds is 7. The third-order valence-electron chi connectivity index (χ3n) is 2.70. The number of hydrogen-bond acceptors (Lipinski definition) is 4. The van der Waals surface area contributed by atoms with Crippen LogP contribution in [-0.4, -0.2) is 48.0 Å². The fraction of sp³-hybridized carbons (Fsp3) is 0.667. The van der Waals surface area contributed by atoms with E-state index in [-0.39, 0.29) is 17.7 Å². The summed E-state index contributed by atoms with van der Waals surface area (Å²) in [6.45, 7) is 4.80. The second-order valence-electron chi connectivity index (χ2n) is 4.48. The third-order valence-corrected chi connectivity index (χ3v) is 2.70. The molecule has 0 rings (SSSR count). The summed E-state index contributed by atoms with van der Waals surface area (Å²) < 4.78 is 4.84. The molecule has 0 heterocycles. The van der Waals surface area contributed by atoms with Gasteiger partial charge < -0.3 is 20.3 Å². The van der Waals surface area contributed by atoms with Crippen LogP contribution < -0.4 is 5.32 Å². The lowest BCUT2D eigenvalue weighted by Gasteiger charge is -2.23. The van der Waals surface area contributed by atoms with Gasteiger partial charge in [-0.1, -0.05) is 0 Å². The van der Waals surface area contributed by atoms with Crippen LogP contribution in [0, 0.1) is 0 Å². The fourth-order valence-corrected chi connectivity index (χ4v) is 1.14. The van der Waals surface area contributed by atoms with Crippen molar-refractivity contribution in [3.05, 3.63) is 11.1 Å². The lowest BCUT2D eigenvalue weighted by Crippen LogP contribution is -2.41. The highest BCUT2D eigenvalue weighted by Gasteiger charge is 2.22. The smallest absolute Gasteiger partial charge is 0.331 e. The first-order chi connectivity index (χ1) is 8.21. The normalized spacial score (nSPS) is 15.6. The van der Waals surface area contributed by atoms with Crippen LogP contribution in [0.5, 0.6) is 0 Å². The molecule has 0 radical (unpaired) electrons. The van der Waals surface area contributed by atoms with Gasteiger partial charge in [0, 0.05) is 37.8 Å². The van der Waals surface area contributed by atoms with E-state index in [9.17, 15) is 14.7 Å². The molecule has 0 bridgehead atoms. The van der Waals surface area contributed by atoms with Crippen LogP contribution in [0.2, 0.25) is 0 Å². The quantitative estimate of drug-likeness (QED) is 0.572. The first-order valence-corrected chi connectivity index (χ1v) is 5.61. The zero-order valence-electron chi connectivity index (χ0n) is 11.2. The molecule has 0 saturated carbocycles. The minimum absolute atomic E-state index is 0.0102. The Bertz CT molecular complexity index is 346. The molecule has 1 atom stereocenters. The predicted molar refractivity (Wildman–Crippen MR) is 66.1 cm³/mol. The Labute approximate surface area is 107 Å². The first-order valence-electron chi connectivity index (χ1n) is 5.61. The van der Waals surface area contributed by atoms with Crippen molar-refractivity contribution in [1.82, 2.24) is 5.32 Å². The lowest BCUT2D eigenvalue weighted by atomic mass is 10.0. The zero-order chi connectivity index (χ0) is 14.3. The molecule has 0 fully saturated rings. The second kappa shape index (κ2) is 7.13. The number of carboxylic acid groups (broad SMARTS) is 1. The van der Waals surface area contributed by atoms with E-state index in [2.05, 4.69) is 5.32 Å². The number of amides is 1. The van der Waals surface area contributed by atoms with E-state index in [1.165, 1.54) is 21.0 Å². The highest BCUT2D eigenvalue weighted by atomic mass is 16.5. The van der Waals surface area contributed by atoms with Crippen molar-refractivity contribution in [2.75, 3.05) is 20.3 Å². The van der Waals surface area contributed by atoms with Crippen LogP contribution in [-0.2, 0) is 14.3 Å². The molecule has 3 N–H and O–H groups in total. The Kier molecular flexibility index (Phi) is 6.57. The average molecular weight is 259 g/mol. The molecule has 0 saturated heterocycles. The summed E-state index contributed by atoms with van der Waals surface area (Å²) in [7, 11) is 1.53. The van der Waals surface area contributed by atoms with Crippen LogP contribution in [0.25, 0.3) is 0 Å². The van der Waals surface area contributed by atoms with Crippen molar-refractivity contribution in [3.63, 3.8) is 0 Å². The molecule has 6 heteroatoms. The number of hydrogen-bond donors (Lipinski definition) is 3. The number of carbonyl (C=O) groups excluding carboxylic acids is 1. The molecule has 18 heavy (non-hydrogen) atoms. The molecular formula is C12H21NO5. The molecule has 6 nitrogen and oxygen atoms in total. The van der Waals surface area contributed by atoms with Gasteiger partial charge in [-0.15, -0.1) is 0 Å². The Balaban J connectivity index is 4.43. The summed E-state index contributed by atoms with van der Waals surface area (Å²) in [6.07, 6.45) is 0.379. The molecule has 104 valence electrons. The number of aliphatic carboxylic acids is 1. The molecular weight excluding hydrogens is 238 g/mol. The van der Waals surface area contributed by atoms with E-state index in [1.807, 2.05) is 0 Å². The zero-order valence-corrected chi connectivity index (χ0v) is 11.2. The molecule has 0 aliphatic carbocycles. The van der Waals surface area contributed by atoms with Gasteiger partial charge in [0.05, 0.1) is 5.60 Å². The molecule has 1 amide bonds. The number of carboxylic acids is 1. The molecule has 0 aromatic heterocycles. The van der Waals surface area contributed by atoms with Gasteiger partial charge in [-0.3, -0.25) is 4.79 Å². The minimum Gasteiger partial charge on any atom is -0.478 e. The van der Waals surface area contributed by atoms with E-state index < -0.39 is 17.5 Å². The fourth-order valence-electron chi connectivity index (χ4n) is 1.14. The summed E-state index contributed by atoms with van der Waals surface area (Å²) in [5.74, 6) is -1.62. The van der Waals surface area contributed by atoms with Crippen molar-refractivity contribution in [2.45, 2.75) is 32.8 Å². The lowest BCUT2D eigenvalue weighted by molar-refractivity contribution is -0.133. The predicted octanol–water partition coefficient (Wildman–Crippen LogP) is 0.311. The highest BCUT2D eigenvalue weighted by molar-refractivity contribution is 6.01. The summed E-state index contributed by atoms with van der Waals surface area (Å²) in [5, 5.41) is 21.1. The third kappa shape index (κ3) is 5.79. The van der Waals surface area contributed by atoms with Crippen molar-refractivity contribution < 1.29 is 24.5 Å². The van der Waals surface area contributed by atoms with E-state index in [0.717, 1.165) is 0 Å². The molecule has 0 aromatic rings. The first kappa shape index (κ1) is 16.6. The van der Waals surface area contributed by atoms with E-state index >= 15 is 0 Å². The monoisotopic (exact) mass is 259 g/mol. The molecule has 1 unspecified atom stereocenters. The maximum Gasteiger partial charge on any atom is 0.331 e. The molecule has 0 aliphatic rings. The van der Waals surface area contributed by atoms with Crippen molar-refractivity contribution in [1.29, 1.82) is 0 Å². The van der Waals surface area contributed by atoms with Gasteiger partial charge in [0.15, 0.2) is 0 Å². The summed E-state index contributed by atoms with van der Waals surface area (Å²) >= 11 is 0. The maximum absolute atomic E-state index is 11.6. The average Bonchev–Trinajstić information content (AvgIpc) is 2.31. The van der Waals surface area contributed by atoms with E-state index in [1.54, 1.807) is 6.92 Å². The van der Waals surface area contributed by atoms with Crippen LogP contribution >= 0.6 is 0 Å². The van der Waals surface area contributed by atoms with Crippen molar-refractivity contribution >= 4 is 11.9 Å². The van der Waals surface area contributed by atoms with E-state index in [4.69, 9.17) is 9.84 Å². The van der Waals surface area contributed by atoms with Crippen LogP contribution in [0.1, 0.15) is 27.2 Å². The Hall–Kier alpha value is -1.40. The van der Waals surface area contributed by atoms with Crippen LogP contribution in [0.4, 0.5) is 0 Å². The number of ether oxygens (including phenoxy) is 1. The Morgan fingerprint density at radius 2 is 1.83 bits per heavy atom. The molecule has 0 aliphatic heterocycles. The SMILES string of the molecule is COCCC(C)(O)CNC(=O)C(C)=C(C)C(=O)O. The van der Waals surface area contributed by atoms with E-state index in [0.29, 0.717) is 13.0 Å². The second-order valence-corrected chi connectivity index (χ2v) is 4.48. The Morgan fingerprint density at radius 3 is 2.28 bits per heavy atom. The van der Waals surface area contributed by atoms with Crippen LogP contribution in [0.15, 0.2) is 11.1 Å². The number of nitrogens with one attached hydrogen (secondary N) is 1. The molecule has 0 aromatic carbocycles. The maximum atomic E-state index is 11.6.